The zero-order chi connectivity index (χ0) is 11.8. The number of hydrogen-bond acceptors (Lipinski definition) is 4. The van der Waals surface area contributed by atoms with E-state index in [4.69, 9.17) is 9.40 Å². The minimum absolute atomic E-state index is 0.704. The molecule has 0 saturated heterocycles. The number of nitrogens with zero attached hydrogens (tertiary/aromatic N) is 1. The van der Waals surface area contributed by atoms with Gasteiger partial charge in [0, 0.05) is 17.3 Å². The monoisotopic (exact) mass is 248 g/mol. The molecule has 0 unspecified atom stereocenters. The number of aryl methyl sites for hydroxylation is 1. The highest BCUT2D eigenvalue weighted by Gasteiger charge is 2.29. The Morgan fingerprint density at radius 2 is 2.35 bits per heavy atom. The van der Waals surface area contributed by atoms with Gasteiger partial charge in [-0.15, -0.1) is 11.3 Å². The molecular formula is C13H16N2OS. The summed E-state index contributed by atoms with van der Waals surface area (Å²) < 4.78 is 5.36. The third kappa shape index (κ3) is 2.03. The van der Waals surface area contributed by atoms with Crippen LogP contribution in [0.15, 0.2) is 16.7 Å². The van der Waals surface area contributed by atoms with Crippen LogP contribution in [0.2, 0.25) is 0 Å². The first-order valence-electron chi connectivity index (χ1n) is 5.98. The summed E-state index contributed by atoms with van der Waals surface area (Å²) in [6, 6.07) is 2.01. The van der Waals surface area contributed by atoms with Crippen LogP contribution in [0.25, 0.3) is 10.6 Å². The van der Waals surface area contributed by atoms with E-state index in [-0.39, 0.29) is 0 Å². The van der Waals surface area contributed by atoms with E-state index in [0.717, 1.165) is 22.9 Å². The molecule has 2 aromatic rings. The summed E-state index contributed by atoms with van der Waals surface area (Å²) in [5.41, 5.74) is 2.44. The van der Waals surface area contributed by atoms with Crippen LogP contribution < -0.4 is 5.32 Å². The Morgan fingerprint density at radius 3 is 2.94 bits per heavy atom. The van der Waals surface area contributed by atoms with Crippen LogP contribution in [0.4, 0.5) is 0 Å². The first-order chi connectivity index (χ1) is 8.29. The molecule has 1 fully saturated rings. The third-order valence-electron chi connectivity index (χ3n) is 3.12. The lowest BCUT2D eigenvalue weighted by molar-refractivity contribution is 0.535. The highest BCUT2D eigenvalue weighted by Crippen LogP contribution is 2.44. The van der Waals surface area contributed by atoms with E-state index in [1.54, 1.807) is 17.6 Å². The maximum absolute atomic E-state index is 5.36. The molecule has 3 rings (SSSR count). The molecule has 0 atom stereocenters. The van der Waals surface area contributed by atoms with Crippen molar-refractivity contribution >= 4 is 11.3 Å². The van der Waals surface area contributed by atoms with E-state index in [0.29, 0.717) is 5.92 Å². The van der Waals surface area contributed by atoms with Gasteiger partial charge in [-0.1, -0.05) is 0 Å². The lowest BCUT2D eigenvalue weighted by Gasteiger charge is -1.97. The Bertz CT molecular complexity index is 525. The van der Waals surface area contributed by atoms with Crippen LogP contribution >= 0.6 is 11.3 Å². The molecule has 0 bridgehead atoms. The Morgan fingerprint density at radius 1 is 1.53 bits per heavy atom. The van der Waals surface area contributed by atoms with Crippen LogP contribution in [0, 0.1) is 6.92 Å². The average molecular weight is 248 g/mol. The van der Waals surface area contributed by atoms with Gasteiger partial charge in [0.25, 0.3) is 0 Å². The van der Waals surface area contributed by atoms with E-state index >= 15 is 0 Å². The molecule has 3 nitrogen and oxygen atoms in total. The molecule has 1 saturated carbocycles. The standard InChI is InChI=1S/C13H16N2OS/c1-8-10(5-6-16-8)13-15-12(9-3-4-9)11(17-13)7-14-2/h5-6,9,14H,3-4,7H2,1-2H3. The van der Waals surface area contributed by atoms with Crippen LogP contribution in [0.3, 0.4) is 0 Å². The Labute approximate surface area is 105 Å². The topological polar surface area (TPSA) is 38.1 Å². The summed E-state index contributed by atoms with van der Waals surface area (Å²) >= 11 is 1.79. The molecule has 90 valence electrons. The lowest BCUT2D eigenvalue weighted by Crippen LogP contribution is -2.05. The normalized spacial score (nSPS) is 15.4. The maximum Gasteiger partial charge on any atom is 0.127 e. The predicted molar refractivity (Wildman–Crippen MR) is 69.3 cm³/mol. The molecule has 2 heterocycles. The molecule has 0 amide bonds. The van der Waals surface area contributed by atoms with Gasteiger partial charge in [0.2, 0.25) is 0 Å². The molecular weight excluding hydrogens is 232 g/mol. The molecule has 0 aliphatic heterocycles. The number of aromatic nitrogens is 1. The number of nitrogens with one attached hydrogen (secondary N) is 1. The zero-order valence-corrected chi connectivity index (χ0v) is 10.9. The first kappa shape index (κ1) is 11.0. The molecule has 0 spiro atoms. The summed E-state index contributed by atoms with van der Waals surface area (Å²) in [5, 5.41) is 4.33. The molecule has 1 N–H and O–H groups in total. The quantitative estimate of drug-likeness (QED) is 0.902. The van der Waals surface area contributed by atoms with E-state index in [1.165, 1.54) is 23.4 Å². The van der Waals surface area contributed by atoms with E-state index in [2.05, 4.69) is 5.32 Å². The summed E-state index contributed by atoms with van der Waals surface area (Å²) in [5.74, 6) is 1.66. The summed E-state index contributed by atoms with van der Waals surface area (Å²) in [7, 11) is 1.99. The SMILES string of the molecule is CNCc1sc(-c2ccoc2C)nc1C1CC1. The van der Waals surface area contributed by atoms with Crippen molar-refractivity contribution in [3.05, 3.63) is 28.7 Å². The van der Waals surface area contributed by atoms with Crippen molar-refractivity contribution in [1.29, 1.82) is 0 Å². The number of furan rings is 1. The molecule has 1 aliphatic rings. The highest BCUT2D eigenvalue weighted by atomic mass is 32.1. The molecule has 2 aromatic heterocycles. The van der Waals surface area contributed by atoms with Crippen molar-refractivity contribution in [3.63, 3.8) is 0 Å². The zero-order valence-electron chi connectivity index (χ0n) is 10.1. The fourth-order valence-electron chi connectivity index (χ4n) is 2.05. The molecule has 17 heavy (non-hydrogen) atoms. The van der Waals surface area contributed by atoms with Crippen LogP contribution in [-0.4, -0.2) is 12.0 Å². The summed E-state index contributed by atoms with van der Waals surface area (Å²) in [4.78, 5) is 6.19. The largest absolute Gasteiger partial charge is 0.469 e. The van der Waals surface area contributed by atoms with Gasteiger partial charge in [0.05, 0.1) is 17.5 Å². The second-order valence-corrected chi connectivity index (χ2v) is 5.61. The van der Waals surface area contributed by atoms with Crippen molar-refractivity contribution in [3.8, 4) is 10.6 Å². The number of hydrogen-bond donors (Lipinski definition) is 1. The fraction of sp³-hybridized carbons (Fsp3) is 0.462. The fourth-order valence-corrected chi connectivity index (χ4v) is 3.28. The van der Waals surface area contributed by atoms with Gasteiger partial charge < -0.3 is 9.73 Å². The lowest BCUT2D eigenvalue weighted by atomic mass is 10.2. The molecule has 0 aromatic carbocycles. The van der Waals surface area contributed by atoms with Gasteiger partial charge in [-0.2, -0.15) is 0 Å². The second-order valence-electron chi connectivity index (χ2n) is 4.52. The first-order valence-corrected chi connectivity index (χ1v) is 6.80. The maximum atomic E-state index is 5.36. The Kier molecular flexibility index (Phi) is 2.76. The summed E-state index contributed by atoms with van der Waals surface area (Å²) in [6.07, 6.45) is 4.33. The van der Waals surface area contributed by atoms with Gasteiger partial charge in [0.1, 0.15) is 10.8 Å². The van der Waals surface area contributed by atoms with Gasteiger partial charge in [-0.3, -0.25) is 0 Å². The summed E-state index contributed by atoms with van der Waals surface area (Å²) in [6.45, 7) is 2.91. The smallest absolute Gasteiger partial charge is 0.127 e. The van der Waals surface area contributed by atoms with Gasteiger partial charge in [-0.25, -0.2) is 4.98 Å². The van der Waals surface area contributed by atoms with Crippen LogP contribution in [0.1, 0.15) is 35.1 Å². The molecule has 0 radical (unpaired) electrons. The van der Waals surface area contributed by atoms with Crippen molar-refractivity contribution in [2.24, 2.45) is 0 Å². The number of rotatable bonds is 4. The highest BCUT2D eigenvalue weighted by molar-refractivity contribution is 7.15. The van der Waals surface area contributed by atoms with Gasteiger partial charge in [0.15, 0.2) is 0 Å². The Hall–Kier alpha value is -1.13. The van der Waals surface area contributed by atoms with Crippen molar-refractivity contribution in [1.82, 2.24) is 10.3 Å². The van der Waals surface area contributed by atoms with E-state index in [9.17, 15) is 0 Å². The third-order valence-corrected chi connectivity index (χ3v) is 4.22. The van der Waals surface area contributed by atoms with Crippen LogP contribution in [-0.2, 0) is 6.54 Å². The minimum atomic E-state index is 0.704. The second kappa shape index (κ2) is 4.27. The van der Waals surface area contributed by atoms with Crippen molar-refractivity contribution in [2.45, 2.75) is 32.2 Å². The average Bonchev–Trinajstić information content (AvgIpc) is 2.94. The van der Waals surface area contributed by atoms with Gasteiger partial charge >= 0.3 is 0 Å². The van der Waals surface area contributed by atoms with Crippen molar-refractivity contribution < 1.29 is 4.42 Å². The molecule has 4 heteroatoms. The van der Waals surface area contributed by atoms with Crippen molar-refractivity contribution in [2.75, 3.05) is 7.05 Å². The predicted octanol–water partition coefficient (Wildman–Crippen LogP) is 3.31. The Balaban J connectivity index is 2.00. The molecule has 1 aliphatic carbocycles. The van der Waals surface area contributed by atoms with Crippen LogP contribution in [0.5, 0.6) is 0 Å². The van der Waals surface area contributed by atoms with E-state index in [1.807, 2.05) is 20.0 Å². The van der Waals surface area contributed by atoms with E-state index < -0.39 is 0 Å². The van der Waals surface area contributed by atoms with Gasteiger partial charge in [-0.05, 0) is 32.9 Å². The number of thiazole rings is 1. The minimum Gasteiger partial charge on any atom is -0.469 e.